The number of nitrogens with zero attached hydrogens (tertiary/aromatic N) is 2. The number of urea groups is 1. The molecule has 4 rings (SSSR count). The van der Waals surface area contributed by atoms with E-state index in [2.05, 4.69) is 28.5 Å². The van der Waals surface area contributed by atoms with Crippen molar-refractivity contribution in [3.05, 3.63) is 60.2 Å². The van der Waals surface area contributed by atoms with Crippen molar-refractivity contribution in [1.29, 1.82) is 0 Å². The minimum absolute atomic E-state index is 0.0179. The highest BCUT2D eigenvalue weighted by molar-refractivity contribution is 7.20. The van der Waals surface area contributed by atoms with Crippen LogP contribution in [0, 0.1) is 0 Å². The highest BCUT2D eigenvalue weighted by Crippen LogP contribution is 2.29. The Labute approximate surface area is 163 Å². The van der Waals surface area contributed by atoms with Crippen molar-refractivity contribution < 1.29 is 9.53 Å². The van der Waals surface area contributed by atoms with Crippen molar-refractivity contribution in [2.75, 3.05) is 19.6 Å². The summed E-state index contributed by atoms with van der Waals surface area (Å²) in [5, 5.41) is 3.74. The highest BCUT2D eigenvalue weighted by Gasteiger charge is 2.24. The maximum absolute atomic E-state index is 12.3. The lowest BCUT2D eigenvalue weighted by molar-refractivity contribution is 0.111. The topological polar surface area (TPSA) is 54.5 Å². The summed E-state index contributed by atoms with van der Waals surface area (Å²) in [5.41, 5.74) is 2.22. The number of piperidine rings is 1. The molecule has 1 saturated heterocycles. The van der Waals surface area contributed by atoms with Gasteiger partial charge in [-0.1, -0.05) is 53.8 Å². The zero-order valence-electron chi connectivity index (χ0n) is 15.1. The fraction of sp³-hybridized carbons (Fsp3) is 0.333. The fourth-order valence-electron chi connectivity index (χ4n) is 3.29. The largest absolute Gasteiger partial charge is 0.467 e. The summed E-state index contributed by atoms with van der Waals surface area (Å²) in [4.78, 5) is 18.7. The van der Waals surface area contributed by atoms with Crippen LogP contribution in [-0.2, 0) is 6.42 Å². The summed E-state index contributed by atoms with van der Waals surface area (Å²) >= 11 is 1.58. The Bertz CT molecular complexity index is 856. The third-order valence-electron chi connectivity index (χ3n) is 4.80. The lowest BCUT2D eigenvalue weighted by Crippen LogP contribution is -2.46. The molecule has 1 aliphatic heterocycles. The zero-order valence-corrected chi connectivity index (χ0v) is 16.0. The number of hydrogen-bond donors (Lipinski definition) is 1. The smallest absolute Gasteiger partial charge is 0.317 e. The zero-order chi connectivity index (χ0) is 18.5. The molecule has 3 aromatic rings. The first kappa shape index (κ1) is 17.8. The third kappa shape index (κ3) is 4.57. The van der Waals surface area contributed by atoms with Crippen molar-refractivity contribution in [2.45, 2.75) is 25.4 Å². The maximum atomic E-state index is 12.3. The van der Waals surface area contributed by atoms with Crippen molar-refractivity contribution in [1.82, 2.24) is 15.2 Å². The Kier molecular flexibility index (Phi) is 5.53. The first-order chi connectivity index (χ1) is 13.3. The van der Waals surface area contributed by atoms with E-state index in [1.807, 2.05) is 41.3 Å². The average Bonchev–Trinajstić information content (AvgIpc) is 3.11. The second-order valence-electron chi connectivity index (χ2n) is 6.72. The third-order valence-corrected chi connectivity index (χ3v) is 5.73. The van der Waals surface area contributed by atoms with E-state index >= 15 is 0 Å². The normalized spacial score (nSPS) is 15.0. The maximum Gasteiger partial charge on any atom is 0.317 e. The van der Waals surface area contributed by atoms with Gasteiger partial charge in [0.05, 0.1) is 10.2 Å². The van der Waals surface area contributed by atoms with Crippen LogP contribution in [0.25, 0.3) is 10.2 Å². The van der Waals surface area contributed by atoms with Gasteiger partial charge in [0.25, 0.3) is 5.19 Å². The molecule has 0 atom stereocenters. The van der Waals surface area contributed by atoms with E-state index in [9.17, 15) is 4.79 Å². The van der Waals surface area contributed by atoms with Crippen molar-refractivity contribution >= 4 is 27.6 Å². The van der Waals surface area contributed by atoms with Crippen LogP contribution in [0.3, 0.4) is 0 Å². The van der Waals surface area contributed by atoms with E-state index in [-0.39, 0.29) is 12.1 Å². The Hall–Kier alpha value is -2.60. The molecule has 1 aromatic heterocycles. The molecule has 5 nitrogen and oxygen atoms in total. The molecular formula is C21H23N3O2S. The number of benzene rings is 2. The molecule has 1 fully saturated rings. The molecule has 0 radical (unpaired) electrons. The number of thiazole rings is 1. The van der Waals surface area contributed by atoms with Crippen molar-refractivity contribution in [3.63, 3.8) is 0 Å². The molecule has 27 heavy (non-hydrogen) atoms. The van der Waals surface area contributed by atoms with E-state index in [4.69, 9.17) is 4.74 Å². The van der Waals surface area contributed by atoms with Crippen LogP contribution >= 0.6 is 11.3 Å². The number of aromatic nitrogens is 1. The van der Waals surface area contributed by atoms with E-state index in [0.717, 1.165) is 34.7 Å². The van der Waals surface area contributed by atoms with Crippen LogP contribution in [0.2, 0.25) is 0 Å². The standard InChI is InChI=1S/C21H23N3O2S/c25-20(22-13-10-16-6-2-1-3-7-16)24-14-11-17(12-15-24)26-21-23-18-8-4-5-9-19(18)27-21/h1-9,17H,10-15H2,(H,22,25). The number of fused-ring (bicyclic) bond motifs is 1. The van der Waals surface area contributed by atoms with Gasteiger partial charge < -0.3 is 15.0 Å². The summed E-state index contributed by atoms with van der Waals surface area (Å²) in [6, 6.07) is 18.3. The quantitative estimate of drug-likeness (QED) is 0.724. The number of carbonyl (C=O) groups is 1. The predicted octanol–water partition coefficient (Wildman–Crippen LogP) is 4.09. The first-order valence-corrected chi connectivity index (χ1v) is 10.2. The molecular weight excluding hydrogens is 358 g/mol. The number of nitrogens with one attached hydrogen (secondary N) is 1. The summed E-state index contributed by atoms with van der Waals surface area (Å²) < 4.78 is 7.20. The summed E-state index contributed by atoms with van der Waals surface area (Å²) in [6.45, 7) is 2.09. The molecule has 2 aromatic carbocycles. The van der Waals surface area contributed by atoms with E-state index in [1.54, 1.807) is 11.3 Å². The van der Waals surface area contributed by atoms with E-state index in [1.165, 1.54) is 5.56 Å². The summed E-state index contributed by atoms with van der Waals surface area (Å²) in [5.74, 6) is 0. The molecule has 0 unspecified atom stereocenters. The van der Waals surface area contributed by atoms with Gasteiger partial charge in [-0.3, -0.25) is 0 Å². The molecule has 0 aliphatic carbocycles. The average molecular weight is 382 g/mol. The van der Waals surface area contributed by atoms with Gasteiger partial charge in [-0.25, -0.2) is 9.78 Å². The van der Waals surface area contributed by atoms with Crippen LogP contribution in [0.4, 0.5) is 4.79 Å². The monoisotopic (exact) mass is 381 g/mol. The SMILES string of the molecule is O=C(NCCc1ccccc1)N1CCC(Oc2nc3ccccc3s2)CC1. The van der Waals surface area contributed by atoms with Gasteiger partial charge in [0.2, 0.25) is 0 Å². The van der Waals surface area contributed by atoms with Gasteiger partial charge in [0, 0.05) is 32.5 Å². The number of hydrogen-bond acceptors (Lipinski definition) is 4. The molecule has 6 heteroatoms. The Morgan fingerprint density at radius 2 is 1.85 bits per heavy atom. The Morgan fingerprint density at radius 3 is 2.63 bits per heavy atom. The Balaban J connectivity index is 1.21. The van der Waals surface area contributed by atoms with Crippen LogP contribution in [-0.4, -0.2) is 41.7 Å². The molecule has 0 bridgehead atoms. The lowest BCUT2D eigenvalue weighted by Gasteiger charge is -2.31. The molecule has 1 N–H and O–H groups in total. The molecule has 140 valence electrons. The van der Waals surface area contributed by atoms with Gasteiger partial charge >= 0.3 is 6.03 Å². The Morgan fingerprint density at radius 1 is 1.11 bits per heavy atom. The van der Waals surface area contributed by atoms with Crippen LogP contribution < -0.4 is 10.1 Å². The van der Waals surface area contributed by atoms with Gasteiger partial charge in [0.1, 0.15) is 6.10 Å². The second kappa shape index (κ2) is 8.39. The van der Waals surface area contributed by atoms with Crippen LogP contribution in [0.5, 0.6) is 5.19 Å². The van der Waals surface area contributed by atoms with Crippen LogP contribution in [0.15, 0.2) is 54.6 Å². The number of para-hydroxylation sites is 1. The van der Waals surface area contributed by atoms with Crippen molar-refractivity contribution in [3.8, 4) is 5.19 Å². The molecule has 0 spiro atoms. The number of amides is 2. The van der Waals surface area contributed by atoms with E-state index in [0.29, 0.717) is 19.6 Å². The number of likely N-dealkylation sites (tertiary alicyclic amines) is 1. The van der Waals surface area contributed by atoms with Gasteiger partial charge in [0.15, 0.2) is 0 Å². The molecule has 2 heterocycles. The minimum atomic E-state index is 0.0179. The molecule has 0 saturated carbocycles. The summed E-state index contributed by atoms with van der Waals surface area (Å²) in [6.07, 6.45) is 2.65. The lowest BCUT2D eigenvalue weighted by atomic mass is 10.1. The second-order valence-corrected chi connectivity index (χ2v) is 7.71. The van der Waals surface area contributed by atoms with Gasteiger partial charge in [-0.05, 0) is 24.1 Å². The number of rotatable bonds is 5. The number of carbonyl (C=O) groups excluding carboxylic acids is 1. The van der Waals surface area contributed by atoms with E-state index < -0.39 is 0 Å². The van der Waals surface area contributed by atoms with Crippen molar-refractivity contribution in [2.24, 2.45) is 0 Å². The minimum Gasteiger partial charge on any atom is -0.467 e. The number of ether oxygens (including phenoxy) is 1. The van der Waals surface area contributed by atoms with Gasteiger partial charge in [-0.15, -0.1) is 0 Å². The molecule has 1 aliphatic rings. The van der Waals surface area contributed by atoms with Crippen LogP contribution in [0.1, 0.15) is 18.4 Å². The first-order valence-electron chi connectivity index (χ1n) is 9.37. The molecule has 2 amide bonds. The van der Waals surface area contributed by atoms with Gasteiger partial charge in [-0.2, -0.15) is 0 Å². The fourth-order valence-corrected chi connectivity index (χ4v) is 4.17. The predicted molar refractivity (Wildman–Crippen MR) is 108 cm³/mol. The summed E-state index contributed by atoms with van der Waals surface area (Å²) in [7, 11) is 0. The highest BCUT2D eigenvalue weighted by atomic mass is 32.1.